The lowest BCUT2D eigenvalue weighted by Gasteiger charge is -2.14. The molecule has 0 spiro atoms. The first-order valence-electron chi connectivity index (χ1n) is 6.71. The van der Waals surface area contributed by atoms with Gasteiger partial charge in [0.05, 0.1) is 11.1 Å². The van der Waals surface area contributed by atoms with E-state index in [0.29, 0.717) is 17.7 Å². The summed E-state index contributed by atoms with van der Waals surface area (Å²) >= 11 is 0. The highest BCUT2D eigenvalue weighted by atomic mass is 16.2. The number of carbonyl (C=O) groups excluding carboxylic acids is 2. The monoisotopic (exact) mass is 260 g/mol. The third-order valence-corrected chi connectivity index (χ3v) is 3.37. The molecule has 1 aromatic carbocycles. The van der Waals surface area contributed by atoms with Crippen molar-refractivity contribution in [1.82, 2.24) is 9.80 Å². The van der Waals surface area contributed by atoms with Gasteiger partial charge in [0, 0.05) is 6.54 Å². The van der Waals surface area contributed by atoms with Crippen LogP contribution in [0.15, 0.2) is 24.3 Å². The molecule has 102 valence electrons. The van der Waals surface area contributed by atoms with E-state index < -0.39 is 0 Å². The molecule has 0 fully saturated rings. The van der Waals surface area contributed by atoms with Gasteiger partial charge in [0.2, 0.25) is 0 Å². The number of hydrogen-bond donors (Lipinski definition) is 0. The number of fused-ring (bicyclic) bond motifs is 1. The molecule has 4 nitrogen and oxygen atoms in total. The van der Waals surface area contributed by atoms with E-state index in [0.717, 1.165) is 25.8 Å². The first-order valence-corrected chi connectivity index (χ1v) is 6.71. The fraction of sp³-hybridized carbons (Fsp3) is 0.467. The molecule has 0 saturated carbocycles. The molecule has 1 aliphatic heterocycles. The molecule has 1 aliphatic rings. The zero-order valence-electron chi connectivity index (χ0n) is 11.6. The van der Waals surface area contributed by atoms with Crippen LogP contribution in [0.2, 0.25) is 0 Å². The molecule has 2 amide bonds. The van der Waals surface area contributed by atoms with Gasteiger partial charge < -0.3 is 4.90 Å². The summed E-state index contributed by atoms with van der Waals surface area (Å²) in [6, 6.07) is 7.04. The van der Waals surface area contributed by atoms with Crippen molar-refractivity contribution in [3.8, 4) is 0 Å². The van der Waals surface area contributed by atoms with Crippen LogP contribution in [-0.4, -0.2) is 48.8 Å². The second kappa shape index (κ2) is 5.97. The quantitative estimate of drug-likeness (QED) is 0.580. The van der Waals surface area contributed by atoms with Crippen LogP contribution in [0.1, 0.15) is 40.0 Å². The summed E-state index contributed by atoms with van der Waals surface area (Å²) in [6.07, 6.45) is 3.00. The Hall–Kier alpha value is -1.68. The fourth-order valence-electron chi connectivity index (χ4n) is 2.32. The molecular weight excluding hydrogens is 240 g/mol. The standard InChI is InChI=1S/C15H20N2O2/c1-16(2)10-6-3-7-11-17-14(18)12-8-4-5-9-13(12)15(17)19/h4-5,8-9H,3,6-7,10-11H2,1-2H3. The van der Waals surface area contributed by atoms with E-state index in [1.807, 2.05) is 14.1 Å². The average molecular weight is 260 g/mol. The van der Waals surface area contributed by atoms with Crippen molar-refractivity contribution in [2.24, 2.45) is 0 Å². The molecule has 1 aromatic rings. The van der Waals surface area contributed by atoms with Crippen LogP contribution in [0.3, 0.4) is 0 Å². The van der Waals surface area contributed by atoms with Crippen LogP contribution >= 0.6 is 0 Å². The second-order valence-corrected chi connectivity index (χ2v) is 5.17. The number of imide groups is 1. The van der Waals surface area contributed by atoms with Gasteiger partial charge in [0.1, 0.15) is 0 Å². The predicted octanol–water partition coefficient (Wildman–Crippen LogP) is 2.01. The van der Waals surface area contributed by atoms with E-state index in [1.165, 1.54) is 4.90 Å². The van der Waals surface area contributed by atoms with Crippen LogP contribution in [0.5, 0.6) is 0 Å². The Bertz CT molecular complexity index is 448. The summed E-state index contributed by atoms with van der Waals surface area (Å²) in [5.74, 6) is -0.290. The maximum Gasteiger partial charge on any atom is 0.261 e. The summed E-state index contributed by atoms with van der Waals surface area (Å²) < 4.78 is 0. The van der Waals surface area contributed by atoms with E-state index in [2.05, 4.69) is 4.90 Å². The molecule has 0 bridgehead atoms. The molecule has 4 heteroatoms. The van der Waals surface area contributed by atoms with Gasteiger partial charge in [0.25, 0.3) is 11.8 Å². The molecule has 19 heavy (non-hydrogen) atoms. The molecule has 1 heterocycles. The number of amides is 2. The molecule has 0 N–H and O–H groups in total. The van der Waals surface area contributed by atoms with E-state index >= 15 is 0 Å². The van der Waals surface area contributed by atoms with E-state index in [1.54, 1.807) is 24.3 Å². The van der Waals surface area contributed by atoms with Gasteiger partial charge >= 0.3 is 0 Å². The zero-order chi connectivity index (χ0) is 13.8. The number of hydrogen-bond acceptors (Lipinski definition) is 3. The van der Waals surface area contributed by atoms with Crippen LogP contribution < -0.4 is 0 Å². The number of unbranched alkanes of at least 4 members (excludes halogenated alkanes) is 2. The maximum atomic E-state index is 12.1. The lowest BCUT2D eigenvalue weighted by Crippen LogP contribution is -2.30. The first-order chi connectivity index (χ1) is 9.11. The molecule has 0 unspecified atom stereocenters. The van der Waals surface area contributed by atoms with Gasteiger partial charge in [-0.25, -0.2) is 0 Å². The fourth-order valence-corrected chi connectivity index (χ4v) is 2.32. The highest BCUT2D eigenvalue weighted by Crippen LogP contribution is 2.22. The molecule has 0 aliphatic carbocycles. The highest BCUT2D eigenvalue weighted by molar-refractivity contribution is 6.21. The summed E-state index contributed by atoms with van der Waals surface area (Å²) in [7, 11) is 4.09. The third-order valence-electron chi connectivity index (χ3n) is 3.37. The predicted molar refractivity (Wildman–Crippen MR) is 74.2 cm³/mol. The van der Waals surface area contributed by atoms with Crippen molar-refractivity contribution in [2.45, 2.75) is 19.3 Å². The van der Waals surface area contributed by atoms with Gasteiger partial charge in [-0.3, -0.25) is 14.5 Å². The summed E-state index contributed by atoms with van der Waals surface area (Å²) in [5.41, 5.74) is 1.08. The highest BCUT2D eigenvalue weighted by Gasteiger charge is 2.34. The first kappa shape index (κ1) is 13.7. The van der Waals surface area contributed by atoms with Crippen LogP contribution in [0.25, 0.3) is 0 Å². The minimum absolute atomic E-state index is 0.145. The largest absolute Gasteiger partial charge is 0.309 e. The molecule has 0 saturated heterocycles. The van der Waals surface area contributed by atoms with Crippen molar-refractivity contribution < 1.29 is 9.59 Å². The van der Waals surface area contributed by atoms with Crippen molar-refractivity contribution in [1.29, 1.82) is 0 Å². The Morgan fingerprint density at radius 3 is 2.05 bits per heavy atom. The van der Waals surface area contributed by atoms with E-state index in [9.17, 15) is 9.59 Å². The van der Waals surface area contributed by atoms with Crippen molar-refractivity contribution >= 4 is 11.8 Å². The Kier molecular flexibility index (Phi) is 4.32. The lowest BCUT2D eigenvalue weighted by molar-refractivity contribution is 0.0651. The topological polar surface area (TPSA) is 40.6 Å². The van der Waals surface area contributed by atoms with E-state index in [-0.39, 0.29) is 11.8 Å². The molecule has 0 atom stereocenters. The normalized spacial score (nSPS) is 14.4. The third kappa shape index (κ3) is 3.01. The summed E-state index contributed by atoms with van der Waals surface area (Å²) in [5, 5.41) is 0. The smallest absolute Gasteiger partial charge is 0.261 e. The summed E-state index contributed by atoms with van der Waals surface area (Å²) in [6.45, 7) is 1.57. The number of rotatable bonds is 6. The van der Waals surface area contributed by atoms with Crippen LogP contribution in [0.4, 0.5) is 0 Å². The average Bonchev–Trinajstić information content (AvgIpc) is 2.63. The maximum absolute atomic E-state index is 12.1. The number of nitrogens with zero attached hydrogens (tertiary/aromatic N) is 2. The summed E-state index contributed by atoms with van der Waals surface area (Å²) in [4.78, 5) is 27.7. The Morgan fingerprint density at radius 2 is 1.53 bits per heavy atom. The van der Waals surface area contributed by atoms with Gasteiger partial charge in [-0.2, -0.15) is 0 Å². The minimum Gasteiger partial charge on any atom is -0.309 e. The minimum atomic E-state index is -0.145. The molecule has 0 radical (unpaired) electrons. The van der Waals surface area contributed by atoms with Crippen LogP contribution in [0, 0.1) is 0 Å². The van der Waals surface area contributed by atoms with Crippen molar-refractivity contribution in [3.63, 3.8) is 0 Å². The molecule has 0 aromatic heterocycles. The molecular formula is C15H20N2O2. The second-order valence-electron chi connectivity index (χ2n) is 5.17. The van der Waals surface area contributed by atoms with Crippen molar-refractivity contribution in [2.75, 3.05) is 27.2 Å². The SMILES string of the molecule is CN(C)CCCCCN1C(=O)c2ccccc2C1=O. The Balaban J connectivity index is 1.87. The number of carbonyl (C=O) groups is 2. The van der Waals surface area contributed by atoms with Crippen molar-refractivity contribution in [3.05, 3.63) is 35.4 Å². The Labute approximate surface area is 114 Å². The number of benzene rings is 1. The molecule has 2 rings (SSSR count). The van der Waals surface area contributed by atoms with Gasteiger partial charge in [0.15, 0.2) is 0 Å². The van der Waals surface area contributed by atoms with Gasteiger partial charge in [-0.05, 0) is 45.6 Å². The van der Waals surface area contributed by atoms with E-state index in [4.69, 9.17) is 0 Å². The van der Waals surface area contributed by atoms with Gasteiger partial charge in [-0.1, -0.05) is 18.6 Å². The lowest BCUT2D eigenvalue weighted by atomic mass is 10.1. The van der Waals surface area contributed by atoms with Gasteiger partial charge in [-0.15, -0.1) is 0 Å². The zero-order valence-corrected chi connectivity index (χ0v) is 11.6. The van der Waals surface area contributed by atoms with Crippen LogP contribution in [-0.2, 0) is 0 Å². The Morgan fingerprint density at radius 1 is 0.947 bits per heavy atom.